The van der Waals surface area contributed by atoms with Crippen LogP contribution in [0.1, 0.15) is 52.9 Å². The van der Waals surface area contributed by atoms with Crippen LogP contribution < -0.4 is 0 Å². The van der Waals surface area contributed by atoms with Crippen LogP contribution in [-0.4, -0.2) is 18.5 Å². The molecule has 0 bridgehead atoms. The minimum atomic E-state index is -0.104. The van der Waals surface area contributed by atoms with Crippen molar-refractivity contribution in [3.8, 4) is 0 Å². The van der Waals surface area contributed by atoms with E-state index < -0.39 is 0 Å². The van der Waals surface area contributed by atoms with Crippen LogP contribution in [0.15, 0.2) is 0 Å². The van der Waals surface area contributed by atoms with Gasteiger partial charge in [-0.3, -0.25) is 4.79 Å². The Morgan fingerprint density at radius 3 is 2.20 bits per heavy atom. The molecule has 0 atom stereocenters. The molecule has 1 spiro atoms. The topological polar surface area (TPSA) is 26.3 Å². The molecular formula is C13H22O2. The van der Waals surface area contributed by atoms with Crippen LogP contribution in [0.5, 0.6) is 0 Å². The largest absolute Gasteiger partial charge is 0.378 e. The molecule has 2 aliphatic carbocycles. The van der Waals surface area contributed by atoms with Crippen molar-refractivity contribution in [2.75, 3.05) is 7.11 Å². The fourth-order valence-electron chi connectivity index (χ4n) is 3.82. The van der Waals surface area contributed by atoms with Crippen molar-refractivity contribution in [2.45, 2.75) is 58.5 Å². The number of carbonyl (C=O) groups is 1. The fraction of sp³-hybridized carbons (Fsp3) is 0.923. The van der Waals surface area contributed by atoms with Gasteiger partial charge in [-0.25, -0.2) is 0 Å². The first-order valence-corrected chi connectivity index (χ1v) is 5.89. The molecule has 0 unspecified atom stereocenters. The van der Waals surface area contributed by atoms with Crippen molar-refractivity contribution in [1.29, 1.82) is 0 Å². The van der Waals surface area contributed by atoms with Crippen LogP contribution in [0.25, 0.3) is 0 Å². The van der Waals surface area contributed by atoms with Crippen molar-refractivity contribution in [3.63, 3.8) is 0 Å². The number of hydrogen-bond donors (Lipinski definition) is 0. The van der Waals surface area contributed by atoms with E-state index in [4.69, 9.17) is 4.74 Å². The highest BCUT2D eigenvalue weighted by Gasteiger charge is 2.56. The molecule has 2 saturated carbocycles. The average Bonchev–Trinajstić information content (AvgIpc) is 2.09. The Balaban J connectivity index is 2.06. The predicted molar refractivity (Wildman–Crippen MR) is 59.7 cm³/mol. The predicted octanol–water partition coefficient (Wildman–Crippen LogP) is 2.95. The van der Waals surface area contributed by atoms with E-state index in [-0.39, 0.29) is 11.0 Å². The summed E-state index contributed by atoms with van der Waals surface area (Å²) in [5.74, 6) is 0.444. The van der Waals surface area contributed by atoms with E-state index in [1.165, 1.54) is 0 Å². The Labute approximate surface area is 92.4 Å². The number of ketones is 1. The van der Waals surface area contributed by atoms with E-state index in [2.05, 4.69) is 20.8 Å². The van der Waals surface area contributed by atoms with E-state index in [0.29, 0.717) is 11.2 Å². The Morgan fingerprint density at radius 1 is 1.13 bits per heavy atom. The molecule has 0 aliphatic heterocycles. The van der Waals surface area contributed by atoms with Crippen molar-refractivity contribution >= 4 is 5.78 Å². The molecule has 2 aliphatic rings. The van der Waals surface area contributed by atoms with Gasteiger partial charge in [0.1, 0.15) is 5.78 Å². The van der Waals surface area contributed by atoms with Gasteiger partial charge in [-0.2, -0.15) is 0 Å². The number of ether oxygens (including phenoxy) is 1. The van der Waals surface area contributed by atoms with Crippen LogP contribution in [0.2, 0.25) is 0 Å². The summed E-state index contributed by atoms with van der Waals surface area (Å²) in [6.07, 6.45) is 5.17. The van der Waals surface area contributed by atoms with Crippen LogP contribution >= 0.6 is 0 Å². The molecule has 0 aromatic carbocycles. The Hall–Kier alpha value is -0.370. The molecule has 0 N–H and O–H groups in total. The van der Waals surface area contributed by atoms with Crippen LogP contribution in [-0.2, 0) is 9.53 Å². The quantitative estimate of drug-likeness (QED) is 0.665. The normalized spacial score (nSPS) is 44.1. The number of methoxy groups -OCH3 is 1. The van der Waals surface area contributed by atoms with Crippen molar-refractivity contribution < 1.29 is 9.53 Å². The summed E-state index contributed by atoms with van der Waals surface area (Å²) in [6, 6.07) is 0. The summed E-state index contributed by atoms with van der Waals surface area (Å²) in [6.45, 7) is 6.37. The van der Waals surface area contributed by atoms with Gasteiger partial charge in [0.2, 0.25) is 0 Å². The highest BCUT2D eigenvalue weighted by atomic mass is 16.5. The monoisotopic (exact) mass is 210 g/mol. The zero-order valence-electron chi connectivity index (χ0n) is 10.4. The lowest BCUT2D eigenvalue weighted by Crippen LogP contribution is -2.55. The summed E-state index contributed by atoms with van der Waals surface area (Å²) in [4.78, 5) is 11.7. The van der Waals surface area contributed by atoms with Gasteiger partial charge in [-0.15, -0.1) is 0 Å². The first-order chi connectivity index (χ1) is 6.81. The van der Waals surface area contributed by atoms with Gasteiger partial charge >= 0.3 is 0 Å². The van der Waals surface area contributed by atoms with E-state index in [1.54, 1.807) is 7.11 Å². The van der Waals surface area contributed by atoms with Gasteiger partial charge in [0, 0.05) is 18.9 Å². The lowest BCUT2D eigenvalue weighted by atomic mass is 9.49. The van der Waals surface area contributed by atoms with Gasteiger partial charge in [-0.1, -0.05) is 13.8 Å². The minimum absolute atomic E-state index is 0.0798. The maximum atomic E-state index is 11.7. The Kier molecular flexibility index (Phi) is 2.27. The minimum Gasteiger partial charge on any atom is -0.378 e. The molecule has 0 amide bonds. The number of carbonyl (C=O) groups excluding carboxylic acids is 1. The molecule has 2 rings (SSSR count). The molecule has 0 aromatic heterocycles. The third-order valence-electron chi connectivity index (χ3n) is 4.44. The fourth-order valence-corrected chi connectivity index (χ4v) is 3.82. The van der Waals surface area contributed by atoms with Crippen LogP contribution in [0, 0.1) is 10.8 Å². The lowest BCUT2D eigenvalue weighted by Gasteiger charge is -2.58. The Bertz CT molecular complexity index is 285. The Morgan fingerprint density at radius 2 is 1.73 bits per heavy atom. The zero-order chi connectivity index (χ0) is 11.3. The van der Waals surface area contributed by atoms with Gasteiger partial charge in [0.25, 0.3) is 0 Å². The molecule has 15 heavy (non-hydrogen) atoms. The zero-order valence-corrected chi connectivity index (χ0v) is 10.4. The van der Waals surface area contributed by atoms with E-state index >= 15 is 0 Å². The molecule has 2 fully saturated rings. The van der Waals surface area contributed by atoms with E-state index in [0.717, 1.165) is 32.1 Å². The summed E-state index contributed by atoms with van der Waals surface area (Å²) >= 11 is 0. The third kappa shape index (κ3) is 1.73. The summed E-state index contributed by atoms with van der Waals surface area (Å²) in [5.41, 5.74) is 0.381. The first-order valence-electron chi connectivity index (χ1n) is 5.89. The molecular weight excluding hydrogens is 188 g/mol. The first kappa shape index (κ1) is 11.1. The van der Waals surface area contributed by atoms with E-state index in [9.17, 15) is 4.79 Å². The molecule has 0 heterocycles. The smallest absolute Gasteiger partial charge is 0.138 e. The number of hydrogen-bond acceptors (Lipinski definition) is 2. The van der Waals surface area contributed by atoms with Gasteiger partial charge in [0.15, 0.2) is 0 Å². The second kappa shape index (κ2) is 3.07. The maximum Gasteiger partial charge on any atom is 0.138 e. The molecule has 86 valence electrons. The summed E-state index contributed by atoms with van der Waals surface area (Å²) in [7, 11) is 1.80. The summed E-state index contributed by atoms with van der Waals surface area (Å²) < 4.78 is 5.51. The van der Waals surface area contributed by atoms with Crippen LogP contribution in [0.4, 0.5) is 0 Å². The second-order valence-corrected chi connectivity index (χ2v) is 6.49. The highest BCUT2D eigenvalue weighted by molar-refractivity contribution is 5.85. The maximum absolute atomic E-state index is 11.7. The van der Waals surface area contributed by atoms with Crippen molar-refractivity contribution in [1.82, 2.24) is 0 Å². The van der Waals surface area contributed by atoms with Gasteiger partial charge in [0.05, 0.1) is 5.60 Å². The van der Waals surface area contributed by atoms with Crippen molar-refractivity contribution in [3.05, 3.63) is 0 Å². The second-order valence-electron chi connectivity index (χ2n) is 6.49. The average molecular weight is 210 g/mol. The molecule has 2 heteroatoms. The van der Waals surface area contributed by atoms with Gasteiger partial charge in [-0.05, 0) is 38.0 Å². The van der Waals surface area contributed by atoms with Crippen LogP contribution in [0.3, 0.4) is 0 Å². The molecule has 2 nitrogen and oxygen atoms in total. The SMILES string of the molecule is COC1(C)CC2(CCC(=O)C(C)(C)C2)C1. The van der Waals surface area contributed by atoms with Crippen molar-refractivity contribution in [2.24, 2.45) is 10.8 Å². The standard InChI is InChI=1S/C13H22O2/c1-11(2)7-13(6-5-10(11)14)8-12(3,9-13)15-4/h5-9H2,1-4H3. The molecule has 0 saturated heterocycles. The number of rotatable bonds is 1. The van der Waals surface area contributed by atoms with Gasteiger partial charge < -0.3 is 4.74 Å². The van der Waals surface area contributed by atoms with E-state index in [1.807, 2.05) is 0 Å². The molecule has 0 radical (unpaired) electrons. The third-order valence-corrected chi connectivity index (χ3v) is 4.44. The summed E-state index contributed by atoms with van der Waals surface area (Å²) in [5, 5.41) is 0. The lowest BCUT2D eigenvalue weighted by molar-refractivity contribution is -0.172. The molecule has 0 aromatic rings. The highest BCUT2D eigenvalue weighted by Crippen LogP contribution is 2.60. The number of Topliss-reactive ketones (excluding diaryl/α,β-unsaturated/α-hetero) is 1.